The number of alkyl halides is 3. The molecule has 1 heterocycles. The van der Waals surface area contributed by atoms with Gasteiger partial charge in [0.1, 0.15) is 0 Å². The number of nitrogens with zero attached hydrogens (tertiary/aromatic N) is 2. The second kappa shape index (κ2) is 9.05. The van der Waals surface area contributed by atoms with Crippen molar-refractivity contribution in [3.63, 3.8) is 0 Å². The van der Waals surface area contributed by atoms with E-state index in [4.69, 9.17) is 23.2 Å². The predicted octanol–water partition coefficient (Wildman–Crippen LogP) is 5.54. The van der Waals surface area contributed by atoms with Crippen LogP contribution in [0.1, 0.15) is 30.5 Å². The van der Waals surface area contributed by atoms with Crippen molar-refractivity contribution in [2.45, 2.75) is 25.6 Å². The maximum absolute atomic E-state index is 14.0. The van der Waals surface area contributed by atoms with E-state index in [2.05, 4.69) is 0 Å². The SMILES string of the molecule is CCN(CC)CCN1C(=O)C(O)(c2cccc(Cl)c2Cl)c2c1cc(I)cc2C(F)(F)F. The van der Waals surface area contributed by atoms with Crippen molar-refractivity contribution in [2.75, 3.05) is 31.1 Å². The predicted molar refractivity (Wildman–Crippen MR) is 124 cm³/mol. The first-order valence-electron chi connectivity index (χ1n) is 9.59. The molecule has 0 saturated carbocycles. The summed E-state index contributed by atoms with van der Waals surface area (Å²) < 4.78 is 42.4. The fourth-order valence-corrected chi connectivity index (χ4v) is 4.90. The molecule has 0 aliphatic carbocycles. The second-order valence-corrected chi connectivity index (χ2v) is 9.17. The number of halogens is 6. The van der Waals surface area contributed by atoms with Crippen LogP contribution in [0.5, 0.6) is 0 Å². The molecule has 1 N–H and O–H groups in total. The van der Waals surface area contributed by atoms with Crippen LogP contribution >= 0.6 is 45.8 Å². The molecule has 2 aromatic rings. The van der Waals surface area contributed by atoms with E-state index in [-0.39, 0.29) is 27.8 Å². The summed E-state index contributed by atoms with van der Waals surface area (Å²) in [4.78, 5) is 16.8. The van der Waals surface area contributed by atoms with Gasteiger partial charge in [0.25, 0.3) is 5.91 Å². The summed E-state index contributed by atoms with van der Waals surface area (Å²) in [6, 6.07) is 6.59. The Bertz CT molecular complexity index is 1010. The summed E-state index contributed by atoms with van der Waals surface area (Å²) in [6.07, 6.45) is -4.79. The summed E-state index contributed by atoms with van der Waals surface area (Å²) >= 11 is 14.1. The van der Waals surface area contributed by atoms with Crippen LogP contribution in [-0.2, 0) is 16.6 Å². The molecule has 4 nitrogen and oxygen atoms in total. The average molecular weight is 587 g/mol. The molecule has 1 unspecified atom stereocenters. The molecule has 0 saturated heterocycles. The molecule has 1 atom stereocenters. The Hall–Kier alpha value is -1.07. The fourth-order valence-electron chi connectivity index (χ4n) is 3.86. The van der Waals surface area contributed by atoms with Crippen molar-refractivity contribution in [2.24, 2.45) is 0 Å². The van der Waals surface area contributed by atoms with Gasteiger partial charge in [0.05, 0.1) is 21.3 Å². The minimum atomic E-state index is -4.79. The van der Waals surface area contributed by atoms with Gasteiger partial charge in [0.2, 0.25) is 0 Å². The van der Waals surface area contributed by atoms with Crippen molar-refractivity contribution >= 4 is 57.4 Å². The molecule has 1 aliphatic rings. The van der Waals surface area contributed by atoms with Gasteiger partial charge in [-0.25, -0.2) is 0 Å². The van der Waals surface area contributed by atoms with E-state index in [0.29, 0.717) is 10.1 Å². The van der Waals surface area contributed by atoms with Crippen LogP contribution in [0, 0.1) is 3.57 Å². The van der Waals surface area contributed by atoms with Gasteiger partial charge in [-0.1, -0.05) is 49.2 Å². The lowest BCUT2D eigenvalue weighted by Crippen LogP contribution is -2.44. The van der Waals surface area contributed by atoms with Crippen LogP contribution in [0.25, 0.3) is 0 Å². The average Bonchev–Trinajstić information content (AvgIpc) is 2.91. The number of benzene rings is 2. The third kappa shape index (κ3) is 4.29. The smallest absolute Gasteiger partial charge is 0.372 e. The monoisotopic (exact) mass is 586 g/mol. The van der Waals surface area contributed by atoms with Gasteiger partial charge in [-0.05, 0) is 53.9 Å². The quantitative estimate of drug-likeness (QED) is 0.452. The standard InChI is InChI=1S/C21H20Cl2F3IN2O2/c1-3-28(4-2)8-9-29-16-11-12(27)10-14(21(24,25)26)17(16)20(31,19(29)30)13-6-5-7-15(22)18(13)23/h5-7,10-11,31H,3-4,8-9H2,1-2H3. The molecule has 0 spiro atoms. The maximum Gasteiger partial charge on any atom is 0.416 e. The molecule has 1 amide bonds. The number of hydrogen-bond acceptors (Lipinski definition) is 3. The zero-order valence-electron chi connectivity index (χ0n) is 16.7. The van der Waals surface area contributed by atoms with E-state index in [0.717, 1.165) is 19.2 Å². The zero-order valence-corrected chi connectivity index (χ0v) is 20.4. The van der Waals surface area contributed by atoms with Crippen molar-refractivity contribution < 1.29 is 23.1 Å². The molecule has 0 fully saturated rings. The Balaban J connectivity index is 2.28. The van der Waals surface area contributed by atoms with Gasteiger partial charge in [-0.3, -0.25) is 4.79 Å². The van der Waals surface area contributed by atoms with Gasteiger partial charge in [0.15, 0.2) is 5.60 Å². The fraction of sp³-hybridized carbons (Fsp3) is 0.381. The first kappa shape index (κ1) is 24.6. The van der Waals surface area contributed by atoms with Crippen molar-refractivity contribution in [1.29, 1.82) is 0 Å². The number of likely N-dealkylation sites (N-methyl/N-ethyl adjacent to an activating group) is 1. The number of fused-ring (bicyclic) bond motifs is 1. The van der Waals surface area contributed by atoms with Crippen LogP contribution in [0.3, 0.4) is 0 Å². The molecule has 10 heteroatoms. The molecule has 31 heavy (non-hydrogen) atoms. The lowest BCUT2D eigenvalue weighted by Gasteiger charge is -2.27. The highest BCUT2D eigenvalue weighted by atomic mass is 127. The largest absolute Gasteiger partial charge is 0.416 e. The third-order valence-corrected chi connectivity index (χ3v) is 6.91. The Morgan fingerprint density at radius 1 is 1.19 bits per heavy atom. The highest BCUT2D eigenvalue weighted by Gasteiger charge is 2.56. The maximum atomic E-state index is 14.0. The Kier molecular flexibility index (Phi) is 7.17. The summed E-state index contributed by atoms with van der Waals surface area (Å²) in [5.41, 5.74) is -4.36. The van der Waals surface area contributed by atoms with E-state index in [9.17, 15) is 23.1 Å². The normalized spacial score (nSPS) is 18.8. The highest BCUT2D eigenvalue weighted by molar-refractivity contribution is 14.1. The lowest BCUT2D eigenvalue weighted by molar-refractivity contribution is -0.142. The van der Waals surface area contributed by atoms with E-state index in [1.54, 1.807) is 22.6 Å². The van der Waals surface area contributed by atoms with E-state index in [1.807, 2.05) is 18.7 Å². The lowest BCUT2D eigenvalue weighted by atomic mass is 9.84. The Morgan fingerprint density at radius 2 is 1.84 bits per heavy atom. The van der Waals surface area contributed by atoms with Gasteiger partial charge in [-0.2, -0.15) is 13.2 Å². The number of hydrogen-bond donors (Lipinski definition) is 1. The number of anilines is 1. The van der Waals surface area contributed by atoms with Crippen molar-refractivity contribution in [1.82, 2.24) is 4.90 Å². The van der Waals surface area contributed by atoms with Crippen LogP contribution in [-0.4, -0.2) is 42.1 Å². The summed E-state index contributed by atoms with van der Waals surface area (Å²) in [6.45, 7) is 5.90. The topological polar surface area (TPSA) is 43.8 Å². The minimum Gasteiger partial charge on any atom is -0.372 e. The second-order valence-electron chi connectivity index (χ2n) is 7.14. The van der Waals surface area contributed by atoms with Gasteiger partial charge in [0, 0.05) is 27.8 Å². The summed E-state index contributed by atoms with van der Waals surface area (Å²) in [5, 5.41) is 11.5. The molecule has 2 aromatic carbocycles. The minimum absolute atomic E-state index is 0.0231. The number of rotatable bonds is 6. The van der Waals surface area contributed by atoms with Gasteiger partial charge in [-0.15, -0.1) is 0 Å². The number of carbonyl (C=O) groups is 1. The first-order valence-corrected chi connectivity index (χ1v) is 11.4. The number of amides is 1. The van der Waals surface area contributed by atoms with E-state index >= 15 is 0 Å². The Labute approximate surface area is 202 Å². The van der Waals surface area contributed by atoms with Crippen LogP contribution in [0.15, 0.2) is 30.3 Å². The van der Waals surface area contributed by atoms with Crippen LogP contribution in [0.2, 0.25) is 10.0 Å². The molecular formula is C21H20Cl2F3IN2O2. The molecule has 0 bridgehead atoms. The molecule has 168 valence electrons. The van der Waals surface area contributed by atoms with Gasteiger partial charge >= 0.3 is 6.18 Å². The zero-order chi connectivity index (χ0) is 23.1. The van der Waals surface area contributed by atoms with Crippen molar-refractivity contribution in [3.05, 3.63) is 60.6 Å². The first-order chi connectivity index (χ1) is 14.5. The molecule has 1 aliphatic heterocycles. The van der Waals surface area contributed by atoms with Gasteiger partial charge < -0.3 is 14.9 Å². The molecule has 0 radical (unpaired) electrons. The molecular weight excluding hydrogens is 567 g/mol. The molecule has 3 rings (SSSR count). The number of carbonyl (C=O) groups excluding carboxylic acids is 1. The molecule has 0 aromatic heterocycles. The van der Waals surface area contributed by atoms with Crippen LogP contribution in [0.4, 0.5) is 18.9 Å². The third-order valence-electron chi connectivity index (χ3n) is 5.47. The number of aliphatic hydroxyl groups is 1. The van der Waals surface area contributed by atoms with E-state index < -0.39 is 28.8 Å². The van der Waals surface area contributed by atoms with E-state index in [1.165, 1.54) is 29.2 Å². The van der Waals surface area contributed by atoms with Crippen molar-refractivity contribution in [3.8, 4) is 0 Å². The van der Waals surface area contributed by atoms with Crippen LogP contribution < -0.4 is 4.90 Å². The summed E-state index contributed by atoms with van der Waals surface area (Å²) in [5.74, 6) is -0.883. The summed E-state index contributed by atoms with van der Waals surface area (Å²) in [7, 11) is 0. The highest BCUT2D eigenvalue weighted by Crippen LogP contribution is 2.52. The Morgan fingerprint density at radius 3 is 2.42 bits per heavy atom.